The summed E-state index contributed by atoms with van der Waals surface area (Å²) in [6.45, 7) is 4.67. The second kappa shape index (κ2) is 4.96. The smallest absolute Gasteiger partial charge is 0.263 e. The molecular weight excluding hydrogens is 318 g/mol. The lowest BCUT2D eigenvalue weighted by atomic mass is 9.85. The molecule has 1 aliphatic carbocycles. The van der Waals surface area contributed by atoms with Crippen molar-refractivity contribution in [1.82, 2.24) is 4.31 Å². The van der Waals surface area contributed by atoms with Crippen molar-refractivity contribution in [2.45, 2.75) is 30.6 Å². The highest BCUT2D eigenvalue weighted by molar-refractivity contribution is 7.89. The Morgan fingerprint density at radius 2 is 1.67 bits per heavy atom. The molecule has 0 bridgehead atoms. The summed E-state index contributed by atoms with van der Waals surface area (Å²) in [4.78, 5) is 0.352. The van der Waals surface area contributed by atoms with Crippen LogP contribution in [0, 0.1) is 12.3 Å². The fourth-order valence-electron chi connectivity index (χ4n) is 3.90. The number of fused-ring (bicyclic) bond motifs is 1. The largest absolute Gasteiger partial charge is 0.273 e. The Morgan fingerprint density at radius 3 is 2.33 bits per heavy atom. The number of hydrogen-bond acceptors (Lipinski definition) is 2. The Balaban J connectivity index is 1.72. The van der Waals surface area contributed by atoms with Crippen LogP contribution in [0.2, 0.25) is 0 Å². The molecule has 124 valence electrons. The van der Waals surface area contributed by atoms with E-state index < -0.39 is 10.0 Å². The van der Waals surface area contributed by atoms with E-state index >= 15 is 0 Å². The van der Waals surface area contributed by atoms with Crippen molar-refractivity contribution in [3.05, 3.63) is 78.0 Å². The molecule has 0 spiro atoms. The average molecular weight is 339 g/mol. The Hall–Kier alpha value is -2.07. The van der Waals surface area contributed by atoms with Crippen molar-refractivity contribution >= 4 is 10.0 Å². The van der Waals surface area contributed by atoms with Gasteiger partial charge in [0, 0.05) is 18.2 Å². The molecule has 4 heteroatoms. The molecule has 1 aliphatic heterocycles. The number of allylic oxidation sites excluding steroid dienone is 1. The third kappa shape index (κ3) is 2.13. The van der Waals surface area contributed by atoms with E-state index in [2.05, 4.69) is 25.1 Å². The third-order valence-corrected chi connectivity index (χ3v) is 7.36. The van der Waals surface area contributed by atoms with E-state index in [4.69, 9.17) is 0 Å². The van der Waals surface area contributed by atoms with Gasteiger partial charge in [0.05, 0.1) is 4.90 Å². The highest BCUT2D eigenvalue weighted by Gasteiger charge is 2.66. The maximum absolute atomic E-state index is 13.0. The minimum absolute atomic E-state index is 0.0493. The van der Waals surface area contributed by atoms with Gasteiger partial charge in [-0.05, 0) is 36.5 Å². The number of hydrogen-bond donors (Lipinski definition) is 0. The fourth-order valence-corrected chi connectivity index (χ4v) is 5.26. The van der Waals surface area contributed by atoms with Crippen molar-refractivity contribution in [3.63, 3.8) is 0 Å². The van der Waals surface area contributed by atoms with Crippen molar-refractivity contribution in [2.75, 3.05) is 6.54 Å². The zero-order valence-electron chi connectivity index (χ0n) is 13.9. The summed E-state index contributed by atoms with van der Waals surface area (Å²) in [7, 11) is -3.51. The topological polar surface area (TPSA) is 37.4 Å². The zero-order valence-corrected chi connectivity index (χ0v) is 14.8. The Morgan fingerprint density at radius 1 is 1.00 bits per heavy atom. The maximum atomic E-state index is 13.0. The molecule has 0 amide bonds. The summed E-state index contributed by atoms with van der Waals surface area (Å²) < 4.78 is 27.5. The van der Waals surface area contributed by atoms with Gasteiger partial charge in [0.1, 0.15) is 0 Å². The minimum atomic E-state index is -3.51. The van der Waals surface area contributed by atoms with Crippen molar-refractivity contribution < 1.29 is 8.42 Å². The molecule has 1 saturated carbocycles. The Bertz CT molecular complexity index is 902. The molecule has 1 fully saturated rings. The molecule has 2 aromatic carbocycles. The summed E-state index contributed by atoms with van der Waals surface area (Å²) in [5.74, 6) is 0. The molecule has 2 atom stereocenters. The van der Waals surface area contributed by atoms with Crippen LogP contribution in [0.1, 0.15) is 24.5 Å². The summed E-state index contributed by atoms with van der Waals surface area (Å²) in [6, 6.07) is 17.3. The molecule has 3 nitrogen and oxygen atoms in total. The van der Waals surface area contributed by atoms with E-state index in [-0.39, 0.29) is 10.8 Å². The Labute approximate surface area is 143 Å². The standard InChI is InChI=1S/C20H21NO2S/c1-16-8-10-18(11-9-16)24(22,23)21-13-12-19(2)14-20(19,15-21)17-6-4-3-5-7-17/h3-13H,14-15H2,1-2H3/t19-,20-/m1/s1. The van der Waals surface area contributed by atoms with Crippen LogP contribution in [0.5, 0.6) is 0 Å². The maximum Gasteiger partial charge on any atom is 0.263 e. The fraction of sp³-hybridized carbons (Fsp3) is 0.300. The minimum Gasteiger partial charge on any atom is -0.273 e. The first kappa shape index (κ1) is 15.5. The van der Waals surface area contributed by atoms with Gasteiger partial charge < -0.3 is 0 Å². The van der Waals surface area contributed by atoms with Crippen LogP contribution in [0.25, 0.3) is 0 Å². The van der Waals surface area contributed by atoms with Gasteiger partial charge in [-0.15, -0.1) is 0 Å². The van der Waals surface area contributed by atoms with Gasteiger partial charge in [-0.3, -0.25) is 4.31 Å². The van der Waals surface area contributed by atoms with Crippen LogP contribution in [-0.2, 0) is 15.4 Å². The lowest BCUT2D eigenvalue weighted by Gasteiger charge is -2.33. The van der Waals surface area contributed by atoms with Gasteiger partial charge in [0.15, 0.2) is 0 Å². The molecule has 2 aromatic rings. The number of aryl methyl sites for hydroxylation is 1. The van der Waals surface area contributed by atoms with Crippen molar-refractivity contribution in [1.29, 1.82) is 0 Å². The third-order valence-electron chi connectivity index (χ3n) is 5.63. The predicted molar refractivity (Wildman–Crippen MR) is 95.1 cm³/mol. The first-order valence-electron chi connectivity index (χ1n) is 8.21. The molecule has 2 aliphatic rings. The molecular formula is C20H21NO2S. The van der Waals surface area contributed by atoms with Crippen LogP contribution in [0.4, 0.5) is 0 Å². The van der Waals surface area contributed by atoms with Gasteiger partial charge in [-0.25, -0.2) is 8.42 Å². The average Bonchev–Trinajstić information content (AvgIpc) is 3.22. The van der Waals surface area contributed by atoms with E-state index in [9.17, 15) is 8.42 Å². The predicted octanol–water partition coefficient (Wildman–Crippen LogP) is 3.86. The summed E-state index contributed by atoms with van der Waals surface area (Å²) in [5, 5.41) is 0. The van der Waals surface area contributed by atoms with Gasteiger partial charge in [-0.2, -0.15) is 0 Å². The number of benzene rings is 2. The van der Waals surface area contributed by atoms with E-state index in [1.165, 1.54) is 9.87 Å². The van der Waals surface area contributed by atoms with Crippen LogP contribution < -0.4 is 0 Å². The molecule has 0 N–H and O–H groups in total. The molecule has 1 heterocycles. The lowest BCUT2D eigenvalue weighted by Crippen LogP contribution is -2.38. The van der Waals surface area contributed by atoms with Crippen LogP contribution in [-0.4, -0.2) is 19.3 Å². The zero-order chi connectivity index (χ0) is 17.0. The van der Waals surface area contributed by atoms with E-state index in [1.807, 2.05) is 37.3 Å². The first-order chi connectivity index (χ1) is 11.4. The Kier molecular flexibility index (Phi) is 3.20. The van der Waals surface area contributed by atoms with Crippen molar-refractivity contribution in [2.24, 2.45) is 5.41 Å². The van der Waals surface area contributed by atoms with E-state index in [0.717, 1.165) is 12.0 Å². The quantitative estimate of drug-likeness (QED) is 0.851. The number of nitrogens with zero attached hydrogens (tertiary/aromatic N) is 1. The normalized spacial score (nSPS) is 28.5. The molecule has 0 radical (unpaired) electrons. The number of sulfonamides is 1. The molecule has 24 heavy (non-hydrogen) atoms. The summed E-state index contributed by atoms with van der Waals surface area (Å²) >= 11 is 0. The highest BCUT2D eigenvalue weighted by atomic mass is 32.2. The first-order valence-corrected chi connectivity index (χ1v) is 9.65. The summed E-state index contributed by atoms with van der Waals surface area (Å²) in [5.41, 5.74) is 2.22. The monoisotopic (exact) mass is 339 g/mol. The van der Waals surface area contributed by atoms with Crippen LogP contribution >= 0.6 is 0 Å². The second-order valence-corrected chi connectivity index (χ2v) is 9.11. The van der Waals surface area contributed by atoms with E-state index in [1.54, 1.807) is 18.3 Å². The van der Waals surface area contributed by atoms with Gasteiger partial charge in [0.2, 0.25) is 0 Å². The second-order valence-electron chi connectivity index (χ2n) is 7.22. The van der Waals surface area contributed by atoms with Gasteiger partial charge in [0.25, 0.3) is 10.0 Å². The lowest BCUT2D eigenvalue weighted by molar-refractivity contribution is 0.392. The number of rotatable bonds is 3. The van der Waals surface area contributed by atoms with E-state index in [0.29, 0.717) is 11.4 Å². The SMILES string of the molecule is Cc1ccc(S(=O)(=O)N2C=C[C@]3(C)C[C@]3(c3ccccc3)C2)cc1. The van der Waals surface area contributed by atoms with Gasteiger partial charge >= 0.3 is 0 Å². The van der Waals surface area contributed by atoms with Crippen LogP contribution in [0.3, 0.4) is 0 Å². The molecule has 0 aromatic heterocycles. The highest BCUT2D eigenvalue weighted by Crippen LogP contribution is 2.67. The molecule has 0 unspecified atom stereocenters. The van der Waals surface area contributed by atoms with Crippen LogP contribution in [0.15, 0.2) is 71.8 Å². The molecule has 0 saturated heterocycles. The summed E-state index contributed by atoms with van der Waals surface area (Å²) in [6.07, 6.45) is 4.80. The molecule has 4 rings (SSSR count). The van der Waals surface area contributed by atoms with Gasteiger partial charge in [-0.1, -0.05) is 61.0 Å². The van der Waals surface area contributed by atoms with Crippen molar-refractivity contribution in [3.8, 4) is 0 Å².